The monoisotopic (exact) mass is 521 g/mol. The fraction of sp³-hybridized carbons (Fsp3) is 0.0435. The van der Waals surface area contributed by atoms with E-state index in [2.05, 4.69) is 15.9 Å². The molecule has 3 nitrogen and oxygen atoms in total. The van der Waals surface area contributed by atoms with Crippen LogP contribution >= 0.6 is 39.1 Å². The van der Waals surface area contributed by atoms with Crippen LogP contribution in [0.3, 0.4) is 0 Å². The molecule has 4 rings (SSSR count). The quantitative estimate of drug-likeness (QED) is 0.227. The highest BCUT2D eigenvalue weighted by atomic mass is 79.9. The van der Waals surface area contributed by atoms with Crippen LogP contribution in [0, 0.1) is 0 Å². The van der Waals surface area contributed by atoms with E-state index < -0.39 is 0 Å². The van der Waals surface area contributed by atoms with Crippen LogP contribution < -0.4 is 17.0 Å². The summed E-state index contributed by atoms with van der Waals surface area (Å²) in [4.78, 5) is 12.5. The standard InChI is InChI=1S/C23H15BrCl2NO2.ClH/c24-18-5-8-22-17(11-18)12-23(29-22)21(28)7-4-15-2-1-9-27(13-15)14-16-3-6-19(25)20(26)10-16;/h1-13H,14H2;1H/q+1;/p-1/b7-4+;. The number of pyridine rings is 1. The Bertz CT molecular complexity index is 1250. The number of nitrogens with zero attached hydrogens (tertiary/aromatic N) is 1. The van der Waals surface area contributed by atoms with Crippen LogP contribution in [0.1, 0.15) is 21.7 Å². The molecule has 7 heteroatoms. The lowest BCUT2D eigenvalue weighted by Gasteiger charge is -2.01. The average molecular weight is 524 g/mol. The molecule has 0 saturated carbocycles. The molecule has 0 aliphatic heterocycles. The fourth-order valence-corrected chi connectivity index (χ4v) is 3.68. The SMILES string of the molecule is O=C(/C=C/c1ccc[n+](Cc2ccc(Cl)c(Cl)c2)c1)c1cc2cc(Br)ccc2o1.[Cl-]. The molecule has 152 valence electrons. The lowest BCUT2D eigenvalue weighted by Crippen LogP contribution is -3.00. The van der Waals surface area contributed by atoms with Crippen LogP contribution in [0.5, 0.6) is 0 Å². The summed E-state index contributed by atoms with van der Waals surface area (Å²) in [7, 11) is 0. The van der Waals surface area contributed by atoms with Gasteiger partial charge in [-0.05, 0) is 54.6 Å². The minimum absolute atomic E-state index is 0. The third kappa shape index (κ3) is 5.32. The molecule has 0 bridgehead atoms. The summed E-state index contributed by atoms with van der Waals surface area (Å²) in [6, 6.07) is 16.8. The van der Waals surface area contributed by atoms with Gasteiger partial charge in [-0.25, -0.2) is 4.57 Å². The van der Waals surface area contributed by atoms with E-state index in [1.54, 1.807) is 18.2 Å². The highest BCUT2D eigenvalue weighted by Crippen LogP contribution is 2.24. The molecular weight excluding hydrogens is 509 g/mol. The molecule has 0 unspecified atom stereocenters. The van der Waals surface area contributed by atoms with Crippen LogP contribution in [0.4, 0.5) is 0 Å². The fourth-order valence-electron chi connectivity index (χ4n) is 2.98. The molecule has 0 radical (unpaired) electrons. The van der Waals surface area contributed by atoms with E-state index in [1.807, 2.05) is 59.4 Å². The van der Waals surface area contributed by atoms with E-state index in [-0.39, 0.29) is 18.2 Å². The van der Waals surface area contributed by atoms with Crippen molar-refractivity contribution in [3.8, 4) is 0 Å². The molecule has 0 aliphatic carbocycles. The maximum atomic E-state index is 12.5. The van der Waals surface area contributed by atoms with Crippen LogP contribution in [-0.4, -0.2) is 5.78 Å². The highest BCUT2D eigenvalue weighted by Gasteiger charge is 2.11. The van der Waals surface area contributed by atoms with Gasteiger partial charge >= 0.3 is 0 Å². The summed E-state index contributed by atoms with van der Waals surface area (Å²) in [6.07, 6.45) is 7.21. The van der Waals surface area contributed by atoms with Crippen LogP contribution in [0.2, 0.25) is 10.0 Å². The number of rotatable bonds is 5. The van der Waals surface area contributed by atoms with Gasteiger partial charge in [0.15, 0.2) is 24.7 Å². The molecule has 2 heterocycles. The lowest BCUT2D eigenvalue weighted by molar-refractivity contribution is -0.688. The Balaban J connectivity index is 0.00000256. The zero-order valence-electron chi connectivity index (χ0n) is 15.5. The summed E-state index contributed by atoms with van der Waals surface area (Å²) in [5.74, 6) is 0.131. The average Bonchev–Trinajstić information content (AvgIpc) is 3.12. The van der Waals surface area contributed by atoms with E-state index in [0.717, 1.165) is 21.0 Å². The topological polar surface area (TPSA) is 34.1 Å². The van der Waals surface area contributed by atoms with Gasteiger partial charge in [0, 0.05) is 27.1 Å². The first-order chi connectivity index (χ1) is 14.0. The summed E-state index contributed by atoms with van der Waals surface area (Å²) in [6.45, 7) is 0.644. The van der Waals surface area contributed by atoms with E-state index in [1.165, 1.54) is 6.08 Å². The van der Waals surface area contributed by atoms with Crippen molar-refractivity contribution < 1.29 is 26.2 Å². The summed E-state index contributed by atoms with van der Waals surface area (Å²) in [5, 5.41) is 1.95. The first-order valence-corrected chi connectivity index (χ1v) is 10.4. The van der Waals surface area contributed by atoms with Crippen molar-refractivity contribution in [2.45, 2.75) is 6.54 Å². The van der Waals surface area contributed by atoms with E-state index in [9.17, 15) is 4.79 Å². The smallest absolute Gasteiger partial charge is 0.221 e. The number of hydrogen-bond acceptors (Lipinski definition) is 2. The van der Waals surface area contributed by atoms with Gasteiger partial charge in [0.05, 0.1) is 10.0 Å². The molecule has 0 aliphatic rings. The van der Waals surface area contributed by atoms with Crippen LogP contribution in [-0.2, 0) is 6.54 Å². The molecule has 0 fully saturated rings. The molecule has 2 aromatic carbocycles. The van der Waals surface area contributed by atoms with Crippen molar-refractivity contribution in [1.82, 2.24) is 0 Å². The summed E-state index contributed by atoms with van der Waals surface area (Å²) < 4.78 is 8.60. The number of carbonyl (C=O) groups is 1. The number of allylic oxidation sites excluding steroid dienone is 1. The molecule has 4 aromatic rings. The molecule has 0 saturated heterocycles. The largest absolute Gasteiger partial charge is 1.00 e. The second-order valence-electron chi connectivity index (χ2n) is 6.55. The van der Waals surface area contributed by atoms with Gasteiger partial charge in [0.2, 0.25) is 5.78 Å². The molecule has 0 spiro atoms. The molecular formula is C23H15BrCl3NO2. The number of halogens is 4. The van der Waals surface area contributed by atoms with Crippen molar-refractivity contribution in [1.29, 1.82) is 0 Å². The molecule has 0 N–H and O–H groups in total. The van der Waals surface area contributed by atoms with Crippen molar-refractivity contribution in [3.63, 3.8) is 0 Å². The Morgan fingerprint density at radius 3 is 2.70 bits per heavy atom. The van der Waals surface area contributed by atoms with Gasteiger partial charge in [-0.15, -0.1) is 0 Å². The van der Waals surface area contributed by atoms with Crippen molar-refractivity contribution in [2.75, 3.05) is 0 Å². The van der Waals surface area contributed by atoms with Crippen molar-refractivity contribution in [3.05, 3.63) is 104 Å². The number of ketones is 1. The van der Waals surface area contributed by atoms with Crippen molar-refractivity contribution in [2.24, 2.45) is 0 Å². The van der Waals surface area contributed by atoms with E-state index in [0.29, 0.717) is 27.9 Å². The minimum Gasteiger partial charge on any atom is -1.00 e. The lowest BCUT2D eigenvalue weighted by atomic mass is 10.2. The Labute approximate surface area is 198 Å². The summed E-state index contributed by atoms with van der Waals surface area (Å²) >= 11 is 15.5. The predicted octanol–water partition coefficient (Wildman–Crippen LogP) is 3.74. The third-order valence-electron chi connectivity index (χ3n) is 4.38. The number of furan rings is 1. The Morgan fingerprint density at radius 2 is 1.90 bits per heavy atom. The second-order valence-corrected chi connectivity index (χ2v) is 8.28. The van der Waals surface area contributed by atoms with Crippen LogP contribution in [0.25, 0.3) is 17.0 Å². The Morgan fingerprint density at radius 1 is 1.07 bits per heavy atom. The Kier molecular flexibility index (Phi) is 7.37. The molecule has 0 atom stereocenters. The highest BCUT2D eigenvalue weighted by molar-refractivity contribution is 9.10. The first kappa shape index (κ1) is 22.6. The van der Waals surface area contributed by atoms with Gasteiger partial charge in [0.1, 0.15) is 5.58 Å². The molecule has 2 aromatic heterocycles. The van der Waals surface area contributed by atoms with Gasteiger partial charge in [-0.2, -0.15) is 0 Å². The number of carbonyl (C=O) groups excluding carboxylic acids is 1. The van der Waals surface area contributed by atoms with Crippen LogP contribution in [0.15, 0.2) is 82.0 Å². The maximum absolute atomic E-state index is 12.5. The maximum Gasteiger partial charge on any atom is 0.221 e. The zero-order valence-corrected chi connectivity index (χ0v) is 19.3. The van der Waals surface area contributed by atoms with E-state index >= 15 is 0 Å². The normalized spacial score (nSPS) is 11.0. The zero-order chi connectivity index (χ0) is 20.4. The predicted molar refractivity (Wildman–Crippen MR) is 119 cm³/mol. The van der Waals surface area contributed by atoms with E-state index in [4.69, 9.17) is 27.6 Å². The van der Waals surface area contributed by atoms with Gasteiger partial charge in [0.25, 0.3) is 0 Å². The summed E-state index contributed by atoms with van der Waals surface area (Å²) in [5.41, 5.74) is 2.62. The van der Waals surface area contributed by atoms with Gasteiger partial charge in [-0.1, -0.05) is 45.2 Å². The molecule has 0 amide bonds. The van der Waals surface area contributed by atoms with Gasteiger partial charge < -0.3 is 16.8 Å². The number of benzene rings is 2. The number of hydrogen-bond donors (Lipinski definition) is 0. The Hall–Kier alpha value is -2.11. The first-order valence-electron chi connectivity index (χ1n) is 8.82. The van der Waals surface area contributed by atoms with Gasteiger partial charge in [-0.3, -0.25) is 4.79 Å². The third-order valence-corrected chi connectivity index (χ3v) is 5.61. The number of aromatic nitrogens is 1. The molecule has 30 heavy (non-hydrogen) atoms. The second kappa shape index (κ2) is 9.80. The minimum atomic E-state index is -0.183. The number of fused-ring (bicyclic) bond motifs is 1. The van der Waals surface area contributed by atoms with Crippen molar-refractivity contribution >= 4 is 62.0 Å².